The second-order valence-electron chi connectivity index (χ2n) is 6.62. The van der Waals surface area contributed by atoms with Gasteiger partial charge in [0.15, 0.2) is 18.1 Å². The molecule has 0 aromatic heterocycles. The number of rotatable bonds is 10. The van der Waals surface area contributed by atoms with Crippen LogP contribution in [0.2, 0.25) is 5.02 Å². The normalized spacial score (nSPS) is 10.7. The third-order valence-electron chi connectivity index (χ3n) is 4.15. The number of oxime groups is 1. The van der Waals surface area contributed by atoms with Gasteiger partial charge in [-0.1, -0.05) is 28.9 Å². The van der Waals surface area contributed by atoms with Crippen LogP contribution in [-0.4, -0.2) is 25.3 Å². The van der Waals surface area contributed by atoms with Crippen LogP contribution in [0.5, 0.6) is 11.5 Å². The molecule has 3 rings (SSSR count). The molecule has 0 heterocycles. The summed E-state index contributed by atoms with van der Waals surface area (Å²) in [6.07, 6.45) is 1.47. The Balaban J connectivity index is 1.54. The number of hydrogen-bond donors (Lipinski definition) is 1. The van der Waals surface area contributed by atoms with Crippen molar-refractivity contribution in [1.82, 2.24) is 0 Å². The Morgan fingerprint density at radius 3 is 2.62 bits per heavy atom. The first kappa shape index (κ1) is 23.1. The van der Waals surface area contributed by atoms with Crippen LogP contribution < -0.4 is 14.8 Å². The second-order valence-corrected chi connectivity index (χ2v) is 7.06. The van der Waals surface area contributed by atoms with Crippen molar-refractivity contribution in [3.63, 3.8) is 0 Å². The molecule has 0 radical (unpaired) electrons. The maximum absolute atomic E-state index is 13.3. The van der Waals surface area contributed by atoms with Crippen molar-refractivity contribution in [2.45, 2.75) is 13.5 Å². The summed E-state index contributed by atoms with van der Waals surface area (Å²) < 4.78 is 24.7. The second kappa shape index (κ2) is 11.7. The molecule has 0 saturated heterocycles. The lowest BCUT2D eigenvalue weighted by atomic mass is 10.2. The first-order chi connectivity index (χ1) is 15.5. The lowest BCUT2D eigenvalue weighted by Crippen LogP contribution is -2.16. The summed E-state index contributed by atoms with van der Waals surface area (Å²) in [5.41, 5.74) is 2.02. The molecule has 0 spiro atoms. The van der Waals surface area contributed by atoms with E-state index in [9.17, 15) is 9.18 Å². The number of amides is 1. The minimum absolute atomic E-state index is 0.205. The van der Waals surface area contributed by atoms with Crippen LogP contribution in [0.1, 0.15) is 18.1 Å². The molecule has 0 aliphatic rings. The van der Waals surface area contributed by atoms with Crippen molar-refractivity contribution in [1.29, 1.82) is 0 Å². The fourth-order valence-corrected chi connectivity index (χ4v) is 2.83. The third-order valence-corrected chi connectivity index (χ3v) is 4.40. The van der Waals surface area contributed by atoms with E-state index in [0.717, 1.165) is 0 Å². The maximum atomic E-state index is 13.3. The number of carbonyl (C=O) groups is 1. The third kappa shape index (κ3) is 7.28. The molecule has 3 aromatic rings. The molecule has 0 aliphatic heterocycles. The van der Waals surface area contributed by atoms with E-state index in [4.69, 9.17) is 25.9 Å². The maximum Gasteiger partial charge on any atom is 0.265 e. The minimum Gasteiger partial charge on any atom is -0.490 e. The zero-order valence-corrected chi connectivity index (χ0v) is 18.1. The predicted molar refractivity (Wildman–Crippen MR) is 122 cm³/mol. The molecule has 0 saturated carbocycles. The summed E-state index contributed by atoms with van der Waals surface area (Å²) in [6.45, 7) is 2.27. The van der Waals surface area contributed by atoms with E-state index in [1.165, 1.54) is 18.3 Å². The van der Waals surface area contributed by atoms with E-state index in [1.54, 1.807) is 54.6 Å². The number of halogens is 2. The van der Waals surface area contributed by atoms with Gasteiger partial charge in [-0.15, -0.1) is 0 Å². The molecule has 8 heteroatoms. The van der Waals surface area contributed by atoms with Gasteiger partial charge < -0.3 is 19.6 Å². The zero-order chi connectivity index (χ0) is 22.8. The summed E-state index contributed by atoms with van der Waals surface area (Å²) in [5, 5.41) is 7.09. The van der Waals surface area contributed by atoms with Gasteiger partial charge >= 0.3 is 0 Å². The summed E-state index contributed by atoms with van der Waals surface area (Å²) in [5.74, 6) is 0.384. The number of nitrogens with one attached hydrogen (secondary N) is 1. The number of hydrogen-bond acceptors (Lipinski definition) is 5. The van der Waals surface area contributed by atoms with Crippen molar-refractivity contribution in [3.05, 3.63) is 88.7 Å². The Morgan fingerprint density at radius 2 is 1.88 bits per heavy atom. The Morgan fingerprint density at radius 1 is 1.06 bits per heavy atom. The van der Waals surface area contributed by atoms with E-state index in [2.05, 4.69) is 10.5 Å². The molecule has 0 aliphatic carbocycles. The first-order valence-electron chi connectivity index (χ1n) is 9.88. The molecule has 166 valence electrons. The van der Waals surface area contributed by atoms with E-state index in [-0.39, 0.29) is 24.9 Å². The zero-order valence-electron chi connectivity index (χ0n) is 17.4. The molecular weight excluding hydrogens is 435 g/mol. The average molecular weight is 457 g/mol. The average Bonchev–Trinajstić information content (AvgIpc) is 2.78. The van der Waals surface area contributed by atoms with Gasteiger partial charge in [0, 0.05) is 16.3 Å². The van der Waals surface area contributed by atoms with Gasteiger partial charge in [-0.2, -0.15) is 0 Å². The van der Waals surface area contributed by atoms with Crippen molar-refractivity contribution < 1.29 is 23.5 Å². The summed E-state index contributed by atoms with van der Waals surface area (Å²) in [4.78, 5) is 17.0. The number of benzene rings is 3. The van der Waals surface area contributed by atoms with E-state index >= 15 is 0 Å². The molecule has 3 aromatic carbocycles. The van der Waals surface area contributed by atoms with Crippen molar-refractivity contribution in [2.24, 2.45) is 5.16 Å². The first-order valence-corrected chi connectivity index (χ1v) is 10.3. The van der Waals surface area contributed by atoms with E-state index < -0.39 is 0 Å². The van der Waals surface area contributed by atoms with Crippen LogP contribution in [-0.2, 0) is 16.2 Å². The van der Waals surface area contributed by atoms with Gasteiger partial charge in [-0.05, 0) is 67.1 Å². The highest BCUT2D eigenvalue weighted by atomic mass is 35.5. The molecule has 0 unspecified atom stereocenters. The highest BCUT2D eigenvalue weighted by molar-refractivity contribution is 6.30. The van der Waals surface area contributed by atoms with Crippen LogP contribution in [0, 0.1) is 5.82 Å². The quantitative estimate of drug-likeness (QED) is 0.325. The van der Waals surface area contributed by atoms with Crippen LogP contribution in [0.3, 0.4) is 0 Å². The Hall–Kier alpha value is -3.58. The number of ether oxygens (including phenoxy) is 2. The van der Waals surface area contributed by atoms with Crippen molar-refractivity contribution >= 4 is 29.4 Å². The molecule has 1 amide bonds. The molecule has 0 fully saturated rings. The van der Waals surface area contributed by atoms with Gasteiger partial charge in [0.2, 0.25) is 0 Å². The summed E-state index contributed by atoms with van der Waals surface area (Å²) >= 11 is 5.81. The minimum atomic E-state index is -0.347. The Labute approximate surface area is 190 Å². The molecular formula is C24H22ClFN2O4. The highest BCUT2D eigenvalue weighted by Gasteiger charge is 2.07. The highest BCUT2D eigenvalue weighted by Crippen LogP contribution is 2.29. The summed E-state index contributed by atoms with van der Waals surface area (Å²) in [7, 11) is 0. The van der Waals surface area contributed by atoms with Gasteiger partial charge in [-0.3, -0.25) is 4.79 Å². The van der Waals surface area contributed by atoms with Crippen molar-refractivity contribution in [3.8, 4) is 11.5 Å². The summed E-state index contributed by atoms with van der Waals surface area (Å²) in [6, 6.07) is 18.2. The van der Waals surface area contributed by atoms with Crippen LogP contribution >= 0.6 is 11.6 Å². The number of carbonyl (C=O) groups excluding carboxylic acids is 1. The SMILES string of the molecule is CCOc1cc(C=NOCC(=O)Nc2ccc(Cl)cc2)ccc1OCc1cccc(F)c1. The van der Waals surface area contributed by atoms with Gasteiger partial charge in [-0.25, -0.2) is 4.39 Å². The van der Waals surface area contributed by atoms with Crippen LogP contribution in [0.4, 0.5) is 10.1 Å². The van der Waals surface area contributed by atoms with Crippen LogP contribution in [0.25, 0.3) is 0 Å². The molecule has 0 bridgehead atoms. The van der Waals surface area contributed by atoms with E-state index in [1.807, 2.05) is 6.92 Å². The van der Waals surface area contributed by atoms with Gasteiger partial charge in [0.25, 0.3) is 5.91 Å². The molecule has 1 N–H and O–H groups in total. The van der Waals surface area contributed by atoms with Crippen molar-refractivity contribution in [2.75, 3.05) is 18.5 Å². The Kier molecular flexibility index (Phi) is 8.45. The molecule has 0 atom stereocenters. The fourth-order valence-electron chi connectivity index (χ4n) is 2.70. The topological polar surface area (TPSA) is 69.2 Å². The van der Waals surface area contributed by atoms with Gasteiger partial charge in [0.05, 0.1) is 12.8 Å². The van der Waals surface area contributed by atoms with E-state index in [0.29, 0.717) is 39.9 Å². The monoisotopic (exact) mass is 456 g/mol. The largest absolute Gasteiger partial charge is 0.490 e. The van der Waals surface area contributed by atoms with Crippen LogP contribution in [0.15, 0.2) is 71.9 Å². The molecule has 6 nitrogen and oxygen atoms in total. The molecule has 32 heavy (non-hydrogen) atoms. The lowest BCUT2D eigenvalue weighted by molar-refractivity contribution is -0.120. The predicted octanol–water partition coefficient (Wildman–Crippen LogP) is 5.45. The fraction of sp³-hybridized carbons (Fsp3) is 0.167. The lowest BCUT2D eigenvalue weighted by Gasteiger charge is -2.12. The standard InChI is InChI=1S/C24H22ClFN2O4/c1-2-30-23-13-17(6-11-22(23)31-15-18-4-3-5-20(26)12-18)14-27-32-16-24(29)28-21-9-7-19(25)8-10-21/h3-14H,2,15-16H2,1H3,(H,28,29). The Bertz CT molecular complexity index is 1070. The number of nitrogens with zero attached hydrogens (tertiary/aromatic N) is 1. The number of anilines is 1. The van der Waals surface area contributed by atoms with Gasteiger partial charge in [0.1, 0.15) is 12.4 Å². The smallest absolute Gasteiger partial charge is 0.265 e.